The van der Waals surface area contributed by atoms with Gasteiger partial charge in [0, 0.05) is 0 Å². The van der Waals surface area contributed by atoms with E-state index in [-0.39, 0.29) is 0 Å². The summed E-state index contributed by atoms with van der Waals surface area (Å²) < 4.78 is 0. The number of hydrogen-bond donors (Lipinski definition) is 1. The van der Waals surface area contributed by atoms with Crippen molar-refractivity contribution in [3.05, 3.63) is 29.8 Å². The fourth-order valence-electron chi connectivity index (χ4n) is 0.797. The van der Waals surface area contributed by atoms with E-state index < -0.39 is 0 Å². The Balaban J connectivity index is 2.81. The molecule has 1 aromatic carbocycles. The predicted molar refractivity (Wildman–Crippen MR) is 41.8 cm³/mol. The van der Waals surface area contributed by atoms with E-state index >= 15 is 0 Å². The molecule has 0 atom stereocenters. The van der Waals surface area contributed by atoms with Crippen molar-refractivity contribution < 1.29 is 4.84 Å². The van der Waals surface area contributed by atoms with Crippen molar-refractivity contribution in [2.24, 2.45) is 0 Å². The number of nitrogens with one attached hydrogen (secondary N) is 1. The van der Waals surface area contributed by atoms with Gasteiger partial charge in [0.15, 0.2) is 0 Å². The van der Waals surface area contributed by atoms with Crippen LogP contribution in [0, 0.1) is 6.92 Å². The van der Waals surface area contributed by atoms with Crippen LogP contribution in [-0.4, -0.2) is 7.11 Å². The van der Waals surface area contributed by atoms with E-state index in [0.29, 0.717) is 0 Å². The van der Waals surface area contributed by atoms with E-state index in [9.17, 15) is 0 Å². The zero-order valence-electron chi connectivity index (χ0n) is 6.22. The summed E-state index contributed by atoms with van der Waals surface area (Å²) in [6.45, 7) is 2.03. The summed E-state index contributed by atoms with van der Waals surface area (Å²) in [5.41, 5.74) is 4.98. The minimum Gasteiger partial charge on any atom is -0.279 e. The minimum absolute atomic E-state index is 1.02. The van der Waals surface area contributed by atoms with Gasteiger partial charge in [-0.3, -0.25) is 10.3 Å². The average Bonchev–Trinajstić information content (AvgIpc) is 1.94. The van der Waals surface area contributed by atoms with Gasteiger partial charge < -0.3 is 0 Å². The van der Waals surface area contributed by atoms with Gasteiger partial charge in [0.05, 0.1) is 12.8 Å². The lowest BCUT2D eigenvalue weighted by Crippen LogP contribution is -1.96. The fourth-order valence-corrected chi connectivity index (χ4v) is 0.797. The molecule has 10 heavy (non-hydrogen) atoms. The normalized spacial score (nSPS) is 9.40. The van der Waals surface area contributed by atoms with E-state index in [1.54, 1.807) is 7.11 Å². The smallest absolute Gasteiger partial charge is 0.0636 e. The van der Waals surface area contributed by atoms with Crippen LogP contribution in [0.25, 0.3) is 0 Å². The molecule has 0 spiro atoms. The maximum Gasteiger partial charge on any atom is 0.0636 e. The summed E-state index contributed by atoms with van der Waals surface area (Å²) in [4.78, 5) is 4.76. The Hall–Kier alpha value is -1.02. The van der Waals surface area contributed by atoms with Crippen LogP contribution in [0.2, 0.25) is 0 Å². The molecule has 0 heterocycles. The standard InChI is InChI=1S/C8H11NO/c1-7-5-3-4-6-8(7)9-10-2/h3-6,9H,1-2H3. The second-order valence-corrected chi connectivity index (χ2v) is 2.12. The SMILES string of the molecule is CONc1ccccc1C. The molecule has 0 unspecified atom stereocenters. The Kier molecular flexibility index (Phi) is 2.29. The Bertz CT molecular complexity index is 210. The molecule has 54 valence electrons. The lowest BCUT2D eigenvalue weighted by Gasteiger charge is -2.04. The van der Waals surface area contributed by atoms with Crippen LogP contribution in [0.15, 0.2) is 24.3 Å². The third kappa shape index (κ3) is 1.48. The molecule has 0 aliphatic rings. The number of benzene rings is 1. The molecule has 0 amide bonds. The lowest BCUT2D eigenvalue weighted by atomic mass is 10.2. The quantitative estimate of drug-likeness (QED) is 0.629. The van der Waals surface area contributed by atoms with Crippen LogP contribution in [0.5, 0.6) is 0 Å². The third-order valence-electron chi connectivity index (χ3n) is 1.36. The summed E-state index contributed by atoms with van der Waals surface area (Å²) in [5.74, 6) is 0. The number of rotatable bonds is 2. The van der Waals surface area contributed by atoms with Crippen molar-refractivity contribution in [2.75, 3.05) is 12.6 Å². The van der Waals surface area contributed by atoms with Crippen molar-refractivity contribution in [3.63, 3.8) is 0 Å². The predicted octanol–water partition coefficient (Wildman–Crippen LogP) is 1.97. The molecule has 1 aromatic rings. The van der Waals surface area contributed by atoms with Crippen molar-refractivity contribution >= 4 is 5.69 Å². The van der Waals surface area contributed by atoms with Crippen LogP contribution in [0.4, 0.5) is 5.69 Å². The van der Waals surface area contributed by atoms with Gasteiger partial charge in [-0.05, 0) is 18.6 Å². The minimum atomic E-state index is 1.02. The van der Waals surface area contributed by atoms with Crippen molar-refractivity contribution in [2.45, 2.75) is 6.92 Å². The molecule has 0 saturated carbocycles. The summed E-state index contributed by atoms with van der Waals surface area (Å²) in [7, 11) is 1.60. The summed E-state index contributed by atoms with van der Waals surface area (Å²) >= 11 is 0. The van der Waals surface area contributed by atoms with Gasteiger partial charge in [-0.1, -0.05) is 18.2 Å². The van der Waals surface area contributed by atoms with Crippen LogP contribution in [0.3, 0.4) is 0 Å². The first kappa shape index (κ1) is 7.09. The van der Waals surface area contributed by atoms with Crippen LogP contribution in [0.1, 0.15) is 5.56 Å². The lowest BCUT2D eigenvalue weighted by molar-refractivity contribution is 0.270. The summed E-state index contributed by atoms with van der Waals surface area (Å²) in [5, 5.41) is 0. The highest BCUT2D eigenvalue weighted by atomic mass is 16.6. The molecule has 0 bridgehead atoms. The summed E-state index contributed by atoms with van der Waals surface area (Å²) in [6, 6.07) is 7.96. The Labute approximate surface area is 60.8 Å². The van der Waals surface area contributed by atoms with Crippen molar-refractivity contribution in [1.29, 1.82) is 0 Å². The maximum atomic E-state index is 4.76. The molecule has 0 radical (unpaired) electrons. The van der Waals surface area contributed by atoms with Crippen LogP contribution in [-0.2, 0) is 4.84 Å². The molecule has 0 aliphatic heterocycles. The zero-order chi connectivity index (χ0) is 7.40. The fraction of sp³-hybridized carbons (Fsp3) is 0.250. The molecule has 2 nitrogen and oxygen atoms in total. The van der Waals surface area contributed by atoms with Gasteiger partial charge in [-0.25, -0.2) is 0 Å². The Morgan fingerprint density at radius 3 is 2.60 bits per heavy atom. The molecule has 1 rings (SSSR count). The van der Waals surface area contributed by atoms with Gasteiger partial charge in [0.2, 0.25) is 0 Å². The van der Waals surface area contributed by atoms with Crippen LogP contribution >= 0.6 is 0 Å². The van der Waals surface area contributed by atoms with Gasteiger partial charge in [-0.2, -0.15) is 0 Å². The molecule has 0 fully saturated rings. The van der Waals surface area contributed by atoms with Gasteiger partial charge in [-0.15, -0.1) is 0 Å². The molecule has 1 N–H and O–H groups in total. The zero-order valence-corrected chi connectivity index (χ0v) is 6.22. The van der Waals surface area contributed by atoms with Crippen LogP contribution < -0.4 is 5.48 Å². The van der Waals surface area contributed by atoms with E-state index in [1.807, 2.05) is 31.2 Å². The second-order valence-electron chi connectivity index (χ2n) is 2.12. The molecule has 0 saturated heterocycles. The average molecular weight is 137 g/mol. The highest BCUT2D eigenvalue weighted by Gasteiger charge is 1.91. The number of aryl methyl sites for hydroxylation is 1. The largest absolute Gasteiger partial charge is 0.279 e. The highest BCUT2D eigenvalue weighted by molar-refractivity contribution is 5.48. The van der Waals surface area contributed by atoms with E-state index in [1.165, 1.54) is 5.56 Å². The first-order valence-corrected chi connectivity index (χ1v) is 3.19. The maximum absolute atomic E-state index is 4.76. The third-order valence-corrected chi connectivity index (χ3v) is 1.36. The molecule has 0 aliphatic carbocycles. The first-order valence-electron chi connectivity index (χ1n) is 3.19. The van der Waals surface area contributed by atoms with Crippen molar-refractivity contribution in [3.8, 4) is 0 Å². The first-order chi connectivity index (χ1) is 4.84. The number of anilines is 1. The summed E-state index contributed by atoms with van der Waals surface area (Å²) in [6.07, 6.45) is 0. The molecule has 2 heteroatoms. The molecular weight excluding hydrogens is 126 g/mol. The Morgan fingerprint density at radius 2 is 2.00 bits per heavy atom. The monoisotopic (exact) mass is 137 g/mol. The van der Waals surface area contributed by atoms with E-state index in [0.717, 1.165) is 5.69 Å². The van der Waals surface area contributed by atoms with E-state index in [4.69, 9.17) is 4.84 Å². The number of hydrogen-bond acceptors (Lipinski definition) is 2. The molecule has 0 aromatic heterocycles. The second kappa shape index (κ2) is 3.22. The number of para-hydroxylation sites is 1. The highest BCUT2D eigenvalue weighted by Crippen LogP contribution is 2.11. The van der Waals surface area contributed by atoms with Gasteiger partial charge in [0.25, 0.3) is 0 Å². The van der Waals surface area contributed by atoms with Crippen molar-refractivity contribution in [1.82, 2.24) is 0 Å². The topological polar surface area (TPSA) is 21.3 Å². The molecular formula is C8H11NO. The van der Waals surface area contributed by atoms with E-state index in [2.05, 4.69) is 5.48 Å². The van der Waals surface area contributed by atoms with Gasteiger partial charge >= 0.3 is 0 Å². The Morgan fingerprint density at radius 1 is 1.30 bits per heavy atom. The van der Waals surface area contributed by atoms with Gasteiger partial charge in [0.1, 0.15) is 0 Å².